The molecule has 0 unspecified atom stereocenters. The fourth-order valence-electron chi connectivity index (χ4n) is 2.24. The number of nitrogens with zero attached hydrogens (tertiary/aromatic N) is 1. The van der Waals surface area contributed by atoms with Gasteiger partial charge in [0.05, 0.1) is 26.3 Å². The number of ether oxygens (including phenoxy) is 3. The van der Waals surface area contributed by atoms with E-state index in [4.69, 9.17) is 14.2 Å². The second kappa shape index (κ2) is 6.97. The summed E-state index contributed by atoms with van der Waals surface area (Å²) < 4.78 is 15.3. The van der Waals surface area contributed by atoms with E-state index in [0.717, 1.165) is 0 Å². The molecule has 7 nitrogen and oxygen atoms in total. The molecule has 0 fully saturated rings. The van der Waals surface area contributed by atoms with Crippen molar-refractivity contribution in [2.24, 2.45) is 0 Å². The molecule has 0 aromatic heterocycles. The summed E-state index contributed by atoms with van der Waals surface area (Å²) in [7, 11) is 4.36. The van der Waals surface area contributed by atoms with Crippen molar-refractivity contribution in [3.63, 3.8) is 0 Å². The minimum atomic E-state index is -1.04. The third-order valence-electron chi connectivity index (χ3n) is 3.44. The van der Waals surface area contributed by atoms with Gasteiger partial charge in [-0.3, -0.25) is 10.1 Å². The van der Waals surface area contributed by atoms with Crippen molar-refractivity contribution in [1.82, 2.24) is 0 Å². The van der Waals surface area contributed by atoms with Gasteiger partial charge in [-0.2, -0.15) is 0 Å². The van der Waals surface area contributed by atoms with Gasteiger partial charge in [0.15, 0.2) is 17.2 Å². The van der Waals surface area contributed by atoms with Gasteiger partial charge in [-0.1, -0.05) is 12.1 Å². The van der Waals surface area contributed by atoms with E-state index in [-0.39, 0.29) is 11.4 Å². The number of aliphatic hydroxyl groups is 1. The quantitative estimate of drug-likeness (QED) is 0.650. The normalized spacial score (nSPS) is 11.7. The van der Waals surface area contributed by atoms with Crippen molar-refractivity contribution in [3.8, 4) is 17.2 Å². The van der Waals surface area contributed by atoms with E-state index in [0.29, 0.717) is 22.6 Å². The van der Waals surface area contributed by atoms with Gasteiger partial charge in [0, 0.05) is 6.07 Å². The summed E-state index contributed by atoms with van der Waals surface area (Å²) in [5.74, 6) is 1.13. The van der Waals surface area contributed by atoms with E-state index in [1.54, 1.807) is 24.3 Å². The van der Waals surface area contributed by atoms with E-state index in [9.17, 15) is 15.2 Å². The fourth-order valence-corrected chi connectivity index (χ4v) is 2.24. The van der Waals surface area contributed by atoms with Crippen molar-refractivity contribution >= 4 is 5.69 Å². The van der Waals surface area contributed by atoms with E-state index in [1.165, 1.54) is 33.5 Å². The third kappa shape index (κ3) is 3.35. The van der Waals surface area contributed by atoms with Crippen LogP contribution in [0.3, 0.4) is 0 Å². The molecular weight excluding hydrogens is 302 g/mol. The fraction of sp³-hybridized carbons (Fsp3) is 0.250. The van der Waals surface area contributed by atoms with Crippen molar-refractivity contribution < 1.29 is 24.2 Å². The van der Waals surface area contributed by atoms with Gasteiger partial charge in [0.25, 0.3) is 0 Å². The van der Waals surface area contributed by atoms with Crippen LogP contribution in [0.5, 0.6) is 17.2 Å². The van der Waals surface area contributed by atoms with E-state index < -0.39 is 11.0 Å². The van der Waals surface area contributed by atoms with Crippen LogP contribution in [0, 0.1) is 10.1 Å². The molecule has 0 aliphatic carbocycles. The second-order valence-corrected chi connectivity index (χ2v) is 4.71. The Morgan fingerprint density at radius 3 is 1.96 bits per heavy atom. The number of aliphatic hydroxyl groups excluding tert-OH is 1. The van der Waals surface area contributed by atoms with Gasteiger partial charge in [-0.25, -0.2) is 0 Å². The van der Waals surface area contributed by atoms with Gasteiger partial charge >= 0.3 is 5.69 Å². The van der Waals surface area contributed by atoms with Crippen LogP contribution in [0.25, 0.3) is 0 Å². The first kappa shape index (κ1) is 16.6. The topological polar surface area (TPSA) is 91.1 Å². The highest BCUT2D eigenvalue weighted by Crippen LogP contribution is 2.35. The summed E-state index contributed by atoms with van der Waals surface area (Å²) in [6, 6.07) is 9.28. The Morgan fingerprint density at radius 1 is 0.913 bits per heavy atom. The number of hydrogen-bond donors (Lipinski definition) is 1. The molecule has 0 radical (unpaired) electrons. The standard InChI is InChI=1S/C16H17NO6/c1-21-13-6-4-10(8-12(13)17(19)20)16(18)11-5-7-14(22-2)15(9-11)23-3/h4-9,16,18H,1-3H3/t16-/m0/s1. The van der Waals surface area contributed by atoms with Crippen molar-refractivity contribution in [2.75, 3.05) is 21.3 Å². The summed E-state index contributed by atoms with van der Waals surface area (Å²) in [5, 5.41) is 21.6. The Balaban J connectivity index is 2.42. The molecule has 1 N–H and O–H groups in total. The average molecular weight is 319 g/mol. The number of nitro benzene ring substituents is 1. The van der Waals surface area contributed by atoms with Gasteiger partial charge in [0.1, 0.15) is 6.10 Å². The zero-order chi connectivity index (χ0) is 17.0. The Bertz CT molecular complexity index is 716. The number of rotatable bonds is 6. The van der Waals surface area contributed by atoms with E-state index in [2.05, 4.69) is 0 Å². The summed E-state index contributed by atoms with van der Waals surface area (Å²) in [5.41, 5.74) is 0.705. The van der Waals surface area contributed by atoms with E-state index in [1.807, 2.05) is 0 Å². The van der Waals surface area contributed by atoms with Gasteiger partial charge in [0.2, 0.25) is 0 Å². The number of methoxy groups -OCH3 is 3. The van der Waals surface area contributed by atoms with Crippen LogP contribution in [0.2, 0.25) is 0 Å². The van der Waals surface area contributed by atoms with Crippen LogP contribution in [-0.2, 0) is 0 Å². The van der Waals surface area contributed by atoms with Crippen LogP contribution in [-0.4, -0.2) is 31.4 Å². The zero-order valence-corrected chi connectivity index (χ0v) is 13.0. The first-order chi connectivity index (χ1) is 11.0. The van der Waals surface area contributed by atoms with Crippen molar-refractivity contribution in [3.05, 3.63) is 57.6 Å². The Kier molecular flexibility index (Phi) is 5.02. The molecule has 0 bridgehead atoms. The highest BCUT2D eigenvalue weighted by atomic mass is 16.6. The molecule has 2 aromatic carbocycles. The third-order valence-corrected chi connectivity index (χ3v) is 3.44. The van der Waals surface area contributed by atoms with Crippen molar-refractivity contribution in [1.29, 1.82) is 0 Å². The van der Waals surface area contributed by atoms with Crippen molar-refractivity contribution in [2.45, 2.75) is 6.10 Å². The Labute approximate surface area is 133 Å². The molecule has 7 heteroatoms. The lowest BCUT2D eigenvalue weighted by Crippen LogP contribution is -2.03. The minimum absolute atomic E-state index is 0.137. The first-order valence-corrected chi connectivity index (χ1v) is 6.74. The summed E-state index contributed by atoms with van der Waals surface area (Å²) in [4.78, 5) is 10.5. The van der Waals surface area contributed by atoms with Gasteiger partial charge < -0.3 is 19.3 Å². The Morgan fingerprint density at radius 2 is 1.43 bits per heavy atom. The predicted octanol–water partition coefficient (Wildman–Crippen LogP) is 2.70. The SMILES string of the molecule is COc1ccc([C@@H](O)c2ccc(OC)c([N+](=O)[O-])c2)cc1OC. The maximum Gasteiger partial charge on any atom is 0.311 e. The maximum absolute atomic E-state index is 11.1. The van der Waals surface area contributed by atoms with Crippen LogP contribution < -0.4 is 14.2 Å². The average Bonchev–Trinajstić information content (AvgIpc) is 2.59. The predicted molar refractivity (Wildman–Crippen MR) is 83.3 cm³/mol. The molecule has 122 valence electrons. The number of hydrogen-bond acceptors (Lipinski definition) is 6. The molecule has 1 atom stereocenters. The lowest BCUT2D eigenvalue weighted by atomic mass is 10.0. The molecule has 0 saturated carbocycles. The molecule has 0 saturated heterocycles. The summed E-state index contributed by atoms with van der Waals surface area (Å²) in [6.45, 7) is 0. The van der Waals surface area contributed by atoms with Crippen LogP contribution in [0.1, 0.15) is 17.2 Å². The highest BCUT2D eigenvalue weighted by molar-refractivity contribution is 5.51. The smallest absolute Gasteiger partial charge is 0.311 e. The second-order valence-electron chi connectivity index (χ2n) is 4.71. The van der Waals surface area contributed by atoms with E-state index >= 15 is 0 Å². The Hall–Kier alpha value is -2.80. The molecule has 0 aliphatic rings. The molecule has 0 aliphatic heterocycles. The zero-order valence-electron chi connectivity index (χ0n) is 13.0. The maximum atomic E-state index is 11.1. The molecule has 0 amide bonds. The minimum Gasteiger partial charge on any atom is -0.493 e. The lowest BCUT2D eigenvalue weighted by Gasteiger charge is -2.15. The largest absolute Gasteiger partial charge is 0.493 e. The van der Waals surface area contributed by atoms with Crippen LogP contribution in [0.4, 0.5) is 5.69 Å². The molecular formula is C16H17NO6. The molecule has 2 rings (SSSR count). The van der Waals surface area contributed by atoms with Gasteiger partial charge in [-0.05, 0) is 29.3 Å². The number of benzene rings is 2. The van der Waals surface area contributed by atoms with Crippen LogP contribution >= 0.6 is 0 Å². The van der Waals surface area contributed by atoms with Crippen LogP contribution in [0.15, 0.2) is 36.4 Å². The highest BCUT2D eigenvalue weighted by Gasteiger charge is 2.20. The number of nitro groups is 1. The summed E-state index contributed by atoms with van der Waals surface area (Å²) in [6.07, 6.45) is -1.04. The first-order valence-electron chi connectivity index (χ1n) is 6.74. The molecule has 23 heavy (non-hydrogen) atoms. The monoisotopic (exact) mass is 319 g/mol. The van der Waals surface area contributed by atoms with Gasteiger partial charge in [-0.15, -0.1) is 0 Å². The summed E-state index contributed by atoms with van der Waals surface area (Å²) >= 11 is 0. The molecule has 2 aromatic rings. The lowest BCUT2D eigenvalue weighted by molar-refractivity contribution is -0.385. The molecule has 0 spiro atoms. The molecule has 0 heterocycles.